The maximum Gasteiger partial charge on any atom is 0.187 e. The molecule has 0 bridgehead atoms. The van der Waals surface area contributed by atoms with Gasteiger partial charge >= 0.3 is 0 Å². The number of rotatable bonds is 10. The summed E-state index contributed by atoms with van der Waals surface area (Å²) in [6.45, 7) is 7.43. The molecule has 0 aromatic heterocycles. The fourth-order valence-corrected chi connectivity index (χ4v) is 2.78. The van der Waals surface area contributed by atoms with Crippen molar-refractivity contribution in [1.82, 2.24) is 0 Å². The first-order valence-electron chi connectivity index (χ1n) is 10.1. The van der Waals surface area contributed by atoms with Crippen LogP contribution in [0.3, 0.4) is 0 Å². The fraction of sp³-hybridized carbons (Fsp3) is 0.652. The molecule has 0 aliphatic carbocycles. The molecule has 0 saturated carbocycles. The first-order chi connectivity index (χ1) is 13.5. The lowest BCUT2D eigenvalue weighted by molar-refractivity contribution is -0.300. The summed E-state index contributed by atoms with van der Waals surface area (Å²) in [7, 11) is 0. The van der Waals surface area contributed by atoms with E-state index >= 15 is 0 Å². The molecule has 6 atom stereocenters. The van der Waals surface area contributed by atoms with Crippen LogP contribution in [0, 0.1) is 23.7 Å². The topological polar surface area (TPSA) is 79.2 Å². The molecule has 28 heavy (non-hydrogen) atoms. The van der Waals surface area contributed by atoms with Crippen LogP contribution < -0.4 is 0 Å². The predicted octanol–water partition coefficient (Wildman–Crippen LogP) is 2.70. The summed E-state index contributed by atoms with van der Waals surface area (Å²) in [5, 5.41) is 29.9. The van der Waals surface area contributed by atoms with Crippen LogP contribution in [0.1, 0.15) is 58.8 Å². The second-order valence-corrected chi connectivity index (χ2v) is 6.96. The molecule has 0 amide bonds. The predicted molar refractivity (Wildman–Crippen MR) is 110 cm³/mol. The van der Waals surface area contributed by atoms with Crippen LogP contribution in [-0.4, -0.2) is 52.1 Å². The summed E-state index contributed by atoms with van der Waals surface area (Å²) in [6.07, 6.45) is 6.30. The Bertz CT molecular complexity index is 592. The van der Waals surface area contributed by atoms with Gasteiger partial charge in [0.05, 0.1) is 12.2 Å². The van der Waals surface area contributed by atoms with E-state index in [0.29, 0.717) is 0 Å². The summed E-state index contributed by atoms with van der Waals surface area (Å²) < 4.78 is 11.4. The Balaban J connectivity index is 2.68. The molecule has 156 valence electrons. The Morgan fingerprint density at radius 3 is 2.61 bits per heavy atom. The van der Waals surface area contributed by atoms with Gasteiger partial charge in [-0.1, -0.05) is 37.7 Å². The van der Waals surface area contributed by atoms with Crippen LogP contribution in [0.15, 0.2) is 24.8 Å². The van der Waals surface area contributed by atoms with Crippen LogP contribution >= 0.6 is 0 Å². The van der Waals surface area contributed by atoms with Gasteiger partial charge in [-0.15, -0.1) is 6.58 Å². The van der Waals surface area contributed by atoms with Crippen molar-refractivity contribution in [1.29, 1.82) is 0 Å². The number of hydrogen-bond donors (Lipinski definition) is 3. The molecule has 0 aromatic rings. The van der Waals surface area contributed by atoms with Crippen LogP contribution in [0.2, 0.25) is 0 Å². The maximum absolute atomic E-state index is 10.2. The van der Waals surface area contributed by atoms with Crippen LogP contribution in [0.5, 0.6) is 0 Å². The molecular formula is C23H34O5. The molecule has 3 N–H and O–H groups in total. The van der Waals surface area contributed by atoms with Crippen molar-refractivity contribution < 1.29 is 24.8 Å². The molecule has 1 heterocycles. The summed E-state index contributed by atoms with van der Waals surface area (Å²) >= 11 is 0. The monoisotopic (exact) mass is 390 g/mol. The van der Waals surface area contributed by atoms with Crippen molar-refractivity contribution in [3.8, 4) is 23.7 Å². The molecular weight excluding hydrogens is 356 g/mol. The third-order valence-corrected chi connectivity index (χ3v) is 4.51. The normalized spacial score (nSPS) is 28.1. The molecule has 1 aliphatic rings. The number of allylic oxidation sites excluding steroid dienone is 2. The zero-order valence-electron chi connectivity index (χ0n) is 17.0. The minimum atomic E-state index is -1.31. The van der Waals surface area contributed by atoms with Gasteiger partial charge in [-0.25, -0.2) is 0 Å². The molecule has 1 aliphatic heterocycles. The van der Waals surface area contributed by atoms with Crippen LogP contribution in [0.4, 0.5) is 0 Å². The highest BCUT2D eigenvalue weighted by atomic mass is 16.7. The van der Waals surface area contributed by atoms with Gasteiger partial charge in [0.2, 0.25) is 0 Å². The number of ether oxygens (including phenoxy) is 2. The van der Waals surface area contributed by atoms with Crippen LogP contribution in [-0.2, 0) is 9.47 Å². The fourth-order valence-electron chi connectivity index (χ4n) is 2.78. The molecule has 0 spiro atoms. The van der Waals surface area contributed by atoms with E-state index in [4.69, 9.17) is 9.47 Å². The van der Waals surface area contributed by atoms with E-state index in [1.807, 2.05) is 12.2 Å². The van der Waals surface area contributed by atoms with Crippen molar-refractivity contribution in [2.45, 2.75) is 95.6 Å². The van der Waals surface area contributed by atoms with Gasteiger partial charge in [0.15, 0.2) is 6.29 Å². The van der Waals surface area contributed by atoms with Gasteiger partial charge in [0.25, 0.3) is 0 Å². The van der Waals surface area contributed by atoms with E-state index < -0.39 is 30.7 Å². The molecule has 1 rings (SSSR count). The molecule has 5 nitrogen and oxygen atoms in total. The van der Waals surface area contributed by atoms with Gasteiger partial charge in [0.1, 0.15) is 18.3 Å². The largest absolute Gasteiger partial charge is 0.388 e. The summed E-state index contributed by atoms with van der Waals surface area (Å²) in [6, 6.07) is 0. The highest BCUT2D eigenvalue weighted by Gasteiger charge is 2.42. The lowest BCUT2D eigenvalue weighted by Gasteiger charge is -2.40. The van der Waals surface area contributed by atoms with E-state index in [1.54, 1.807) is 13.0 Å². The molecule has 0 radical (unpaired) electrons. The van der Waals surface area contributed by atoms with Gasteiger partial charge in [-0.3, -0.25) is 0 Å². The summed E-state index contributed by atoms with van der Waals surface area (Å²) in [4.78, 5) is 0. The third kappa shape index (κ3) is 9.06. The van der Waals surface area contributed by atoms with Gasteiger partial charge in [-0.05, 0) is 56.6 Å². The smallest absolute Gasteiger partial charge is 0.187 e. The summed E-state index contributed by atoms with van der Waals surface area (Å²) in [5.41, 5.74) is 0. The quantitative estimate of drug-likeness (QED) is 0.304. The van der Waals surface area contributed by atoms with E-state index in [-0.39, 0.29) is 6.10 Å². The number of unbranched alkanes of at least 4 members (excludes halogenated alkanes) is 4. The number of aliphatic hydroxyl groups excluding tert-OH is 3. The van der Waals surface area contributed by atoms with Gasteiger partial charge < -0.3 is 24.8 Å². The Morgan fingerprint density at radius 1 is 1.11 bits per heavy atom. The average molecular weight is 391 g/mol. The van der Waals surface area contributed by atoms with E-state index in [1.165, 1.54) is 0 Å². The van der Waals surface area contributed by atoms with Crippen molar-refractivity contribution in [2.75, 3.05) is 0 Å². The minimum Gasteiger partial charge on any atom is -0.388 e. The zero-order valence-corrected chi connectivity index (χ0v) is 17.0. The molecule has 0 unspecified atom stereocenters. The van der Waals surface area contributed by atoms with Crippen molar-refractivity contribution in [2.24, 2.45) is 0 Å². The van der Waals surface area contributed by atoms with E-state index in [9.17, 15) is 15.3 Å². The number of aliphatic hydroxyl groups is 3. The Kier molecular flexibility index (Phi) is 12.6. The van der Waals surface area contributed by atoms with E-state index in [0.717, 1.165) is 44.9 Å². The van der Waals surface area contributed by atoms with Crippen molar-refractivity contribution in [3.05, 3.63) is 24.8 Å². The average Bonchev–Trinajstić information content (AvgIpc) is 2.69. The molecule has 5 heteroatoms. The number of hydrogen-bond acceptors (Lipinski definition) is 5. The second kappa shape index (κ2) is 14.4. The Morgan fingerprint density at radius 2 is 1.89 bits per heavy atom. The Labute approximate surface area is 169 Å². The standard InChI is InChI=1S/C23H34O5/c1-4-6-8-10-11-13-15-17-19(16-14-12-9-7-5-2)28-23-22(26)21(25)20(24)18(3)27-23/h5,15,17-26H,2,4,6-7,9,12,14,16H2,1,3H3/b17-15+/t18-,19-,20-,21+,22+,23+/m0/s1. The second-order valence-electron chi connectivity index (χ2n) is 6.96. The highest BCUT2D eigenvalue weighted by Crippen LogP contribution is 2.24. The first-order valence-corrected chi connectivity index (χ1v) is 10.1. The van der Waals surface area contributed by atoms with Gasteiger partial charge in [0, 0.05) is 6.42 Å². The van der Waals surface area contributed by atoms with E-state index in [2.05, 4.69) is 37.2 Å². The van der Waals surface area contributed by atoms with Gasteiger partial charge in [-0.2, -0.15) is 0 Å². The van der Waals surface area contributed by atoms with Crippen LogP contribution in [0.25, 0.3) is 0 Å². The molecule has 1 saturated heterocycles. The van der Waals surface area contributed by atoms with Crippen molar-refractivity contribution in [3.63, 3.8) is 0 Å². The minimum absolute atomic E-state index is 0.323. The Hall–Kier alpha value is -1.60. The first kappa shape index (κ1) is 24.4. The zero-order chi connectivity index (χ0) is 20.8. The highest BCUT2D eigenvalue weighted by molar-refractivity contribution is 5.30. The molecule has 0 aromatic carbocycles. The lowest BCUT2D eigenvalue weighted by Crippen LogP contribution is -2.57. The lowest BCUT2D eigenvalue weighted by atomic mass is 10.00. The third-order valence-electron chi connectivity index (χ3n) is 4.51. The molecule has 1 fully saturated rings. The van der Waals surface area contributed by atoms with Crippen molar-refractivity contribution >= 4 is 0 Å². The SMILES string of the molecule is C=CCCCCC[C@@H](/C=C/C#CC#CCCC)O[C@H]1O[C@@H](C)[C@H](O)[C@@H](O)[C@H]1O. The maximum atomic E-state index is 10.2. The summed E-state index contributed by atoms with van der Waals surface area (Å²) in [5.74, 6) is 11.4.